The van der Waals surface area contributed by atoms with Crippen LogP contribution in [0, 0.1) is 11.8 Å². The van der Waals surface area contributed by atoms with Crippen LogP contribution in [0.15, 0.2) is 54.6 Å². The third-order valence-electron chi connectivity index (χ3n) is 6.74. The number of carbonyl (C=O) groups is 1. The van der Waals surface area contributed by atoms with Crippen LogP contribution in [0.5, 0.6) is 0 Å². The lowest BCUT2D eigenvalue weighted by atomic mass is 9.68. The van der Waals surface area contributed by atoms with Crippen molar-refractivity contribution in [2.75, 3.05) is 13.1 Å². The van der Waals surface area contributed by atoms with Gasteiger partial charge in [-0.15, -0.1) is 0 Å². The third-order valence-corrected chi connectivity index (χ3v) is 6.74. The van der Waals surface area contributed by atoms with Crippen molar-refractivity contribution in [1.82, 2.24) is 4.90 Å². The fourth-order valence-corrected chi connectivity index (χ4v) is 5.30. The number of hydrogen-bond donors (Lipinski definition) is 1. The van der Waals surface area contributed by atoms with E-state index in [-0.39, 0.29) is 11.4 Å². The second-order valence-electron chi connectivity index (χ2n) is 8.02. The van der Waals surface area contributed by atoms with Crippen LogP contribution >= 0.6 is 0 Å². The van der Waals surface area contributed by atoms with Gasteiger partial charge in [0.25, 0.3) is 0 Å². The summed E-state index contributed by atoms with van der Waals surface area (Å²) in [6.45, 7) is 1.99. The topological polar surface area (TPSA) is 46.3 Å². The summed E-state index contributed by atoms with van der Waals surface area (Å²) in [5.74, 6) is 1.47. The van der Waals surface area contributed by atoms with Gasteiger partial charge in [-0.3, -0.25) is 9.69 Å². The number of primary amides is 1. The molecule has 2 aliphatic carbocycles. The summed E-state index contributed by atoms with van der Waals surface area (Å²) >= 11 is 0. The molecule has 3 unspecified atom stereocenters. The molecule has 2 aromatic rings. The summed E-state index contributed by atoms with van der Waals surface area (Å²) in [5, 5.41) is 0. The molecule has 3 atom stereocenters. The molecule has 2 fully saturated rings. The normalized spacial score (nSPS) is 29.7. The van der Waals surface area contributed by atoms with Crippen LogP contribution in [0.1, 0.15) is 35.4 Å². The Bertz CT molecular complexity index is 812. The molecule has 0 bridgehead atoms. The van der Waals surface area contributed by atoms with Crippen molar-refractivity contribution in [3.63, 3.8) is 0 Å². The van der Waals surface area contributed by atoms with Crippen molar-refractivity contribution in [2.45, 2.75) is 30.7 Å². The largest absolute Gasteiger partial charge is 0.368 e. The van der Waals surface area contributed by atoms with Gasteiger partial charge in [-0.2, -0.15) is 0 Å². The van der Waals surface area contributed by atoms with Gasteiger partial charge < -0.3 is 5.73 Å². The zero-order chi connectivity index (χ0) is 17.0. The molecule has 1 aliphatic heterocycles. The molecule has 5 rings (SSSR count). The van der Waals surface area contributed by atoms with Crippen LogP contribution in [0.3, 0.4) is 0 Å². The van der Waals surface area contributed by atoms with Crippen LogP contribution in [0.25, 0.3) is 0 Å². The van der Waals surface area contributed by atoms with E-state index in [0.29, 0.717) is 17.8 Å². The molecule has 3 heteroatoms. The van der Waals surface area contributed by atoms with Crippen LogP contribution < -0.4 is 5.73 Å². The lowest BCUT2D eigenvalue weighted by Crippen LogP contribution is -2.46. The summed E-state index contributed by atoms with van der Waals surface area (Å²) in [6, 6.07) is 19.8. The number of fused-ring (bicyclic) bond motifs is 2. The lowest BCUT2D eigenvalue weighted by Gasteiger charge is -2.35. The SMILES string of the molecule is NC(=O)C1(N2CC3Cc4ccccc4C(c4ccccc4)C3C2)CC1. The summed E-state index contributed by atoms with van der Waals surface area (Å²) < 4.78 is 0. The average Bonchev–Trinajstić information content (AvgIpc) is 3.35. The first-order valence-corrected chi connectivity index (χ1v) is 9.37. The predicted octanol–water partition coefficient (Wildman–Crippen LogP) is 2.94. The molecule has 1 saturated heterocycles. The Morgan fingerprint density at radius 3 is 2.44 bits per heavy atom. The van der Waals surface area contributed by atoms with Gasteiger partial charge in [0.1, 0.15) is 5.54 Å². The smallest absolute Gasteiger partial charge is 0.237 e. The summed E-state index contributed by atoms with van der Waals surface area (Å²) in [7, 11) is 0. The Kier molecular flexibility index (Phi) is 3.29. The molecular formula is C22H24N2O. The summed E-state index contributed by atoms with van der Waals surface area (Å²) in [5.41, 5.74) is 9.76. The minimum Gasteiger partial charge on any atom is -0.368 e. The van der Waals surface area contributed by atoms with Gasteiger partial charge in [0.05, 0.1) is 0 Å². The fraction of sp³-hybridized carbons (Fsp3) is 0.409. The Balaban J connectivity index is 1.55. The van der Waals surface area contributed by atoms with E-state index >= 15 is 0 Å². The molecule has 2 aromatic carbocycles. The first kappa shape index (κ1) is 15.2. The highest BCUT2D eigenvalue weighted by atomic mass is 16.2. The van der Waals surface area contributed by atoms with Crippen LogP contribution in [-0.4, -0.2) is 29.4 Å². The van der Waals surface area contributed by atoms with Crippen LogP contribution in [-0.2, 0) is 11.2 Å². The molecule has 1 saturated carbocycles. The highest BCUT2D eigenvalue weighted by molar-refractivity contribution is 5.87. The average molecular weight is 332 g/mol. The number of likely N-dealkylation sites (tertiary alicyclic amines) is 1. The molecule has 1 heterocycles. The minimum atomic E-state index is -0.342. The van der Waals surface area contributed by atoms with E-state index in [1.54, 1.807) is 0 Å². The first-order valence-electron chi connectivity index (χ1n) is 9.37. The molecule has 128 valence electrons. The van der Waals surface area contributed by atoms with Gasteiger partial charge in [-0.05, 0) is 47.8 Å². The first-order chi connectivity index (χ1) is 12.2. The van der Waals surface area contributed by atoms with E-state index in [4.69, 9.17) is 5.73 Å². The number of nitrogens with two attached hydrogens (primary N) is 1. The molecule has 25 heavy (non-hydrogen) atoms. The Morgan fingerprint density at radius 1 is 1.00 bits per heavy atom. The maximum Gasteiger partial charge on any atom is 0.237 e. The second kappa shape index (κ2) is 5.43. The Labute approximate surface area is 148 Å². The number of amides is 1. The van der Waals surface area contributed by atoms with Crippen molar-refractivity contribution in [2.24, 2.45) is 17.6 Å². The van der Waals surface area contributed by atoms with E-state index in [2.05, 4.69) is 59.5 Å². The van der Waals surface area contributed by atoms with Gasteiger partial charge in [0.2, 0.25) is 5.91 Å². The second-order valence-corrected chi connectivity index (χ2v) is 8.02. The van der Waals surface area contributed by atoms with Gasteiger partial charge in [-0.25, -0.2) is 0 Å². The van der Waals surface area contributed by atoms with Gasteiger partial charge in [-0.1, -0.05) is 54.6 Å². The molecule has 3 nitrogen and oxygen atoms in total. The Morgan fingerprint density at radius 2 is 1.72 bits per heavy atom. The van der Waals surface area contributed by atoms with Crippen molar-refractivity contribution in [3.8, 4) is 0 Å². The summed E-state index contributed by atoms with van der Waals surface area (Å²) in [6.07, 6.45) is 2.99. The van der Waals surface area contributed by atoms with E-state index in [1.165, 1.54) is 16.7 Å². The molecule has 1 amide bonds. The quantitative estimate of drug-likeness (QED) is 0.939. The van der Waals surface area contributed by atoms with Crippen molar-refractivity contribution >= 4 is 5.91 Å². The number of rotatable bonds is 3. The van der Waals surface area contributed by atoms with E-state index in [0.717, 1.165) is 32.4 Å². The maximum absolute atomic E-state index is 12.0. The fourth-order valence-electron chi connectivity index (χ4n) is 5.30. The third kappa shape index (κ3) is 2.26. The zero-order valence-electron chi connectivity index (χ0n) is 14.4. The highest BCUT2D eigenvalue weighted by Gasteiger charge is 2.57. The van der Waals surface area contributed by atoms with Gasteiger partial charge >= 0.3 is 0 Å². The number of nitrogens with zero attached hydrogens (tertiary/aromatic N) is 1. The molecule has 0 radical (unpaired) electrons. The zero-order valence-corrected chi connectivity index (χ0v) is 14.4. The van der Waals surface area contributed by atoms with Crippen LogP contribution in [0.2, 0.25) is 0 Å². The lowest BCUT2D eigenvalue weighted by molar-refractivity contribution is -0.124. The van der Waals surface area contributed by atoms with Crippen molar-refractivity contribution in [1.29, 1.82) is 0 Å². The van der Waals surface area contributed by atoms with E-state index in [1.807, 2.05) is 0 Å². The number of hydrogen-bond acceptors (Lipinski definition) is 2. The van der Waals surface area contributed by atoms with E-state index < -0.39 is 0 Å². The molecule has 2 N–H and O–H groups in total. The number of benzene rings is 2. The standard InChI is InChI=1S/C22H24N2O/c23-21(25)22(10-11-22)24-13-17-12-16-8-4-5-9-18(16)20(19(17)14-24)15-6-2-1-3-7-15/h1-9,17,19-20H,10-14H2,(H2,23,25). The monoisotopic (exact) mass is 332 g/mol. The highest BCUT2D eigenvalue weighted by Crippen LogP contribution is 2.52. The Hall–Kier alpha value is -2.13. The molecule has 3 aliphatic rings. The maximum atomic E-state index is 12.0. The molecule has 0 aromatic heterocycles. The van der Waals surface area contributed by atoms with E-state index in [9.17, 15) is 4.79 Å². The summed E-state index contributed by atoms with van der Waals surface area (Å²) in [4.78, 5) is 14.4. The van der Waals surface area contributed by atoms with Crippen molar-refractivity contribution < 1.29 is 4.79 Å². The number of carbonyl (C=O) groups excluding carboxylic acids is 1. The predicted molar refractivity (Wildman–Crippen MR) is 98.1 cm³/mol. The van der Waals surface area contributed by atoms with Crippen LogP contribution in [0.4, 0.5) is 0 Å². The van der Waals surface area contributed by atoms with Gasteiger partial charge in [0.15, 0.2) is 0 Å². The molecular weight excluding hydrogens is 308 g/mol. The van der Waals surface area contributed by atoms with Crippen molar-refractivity contribution in [3.05, 3.63) is 71.3 Å². The minimum absolute atomic E-state index is 0.125. The molecule has 0 spiro atoms. The van der Waals surface area contributed by atoms with Gasteiger partial charge in [0, 0.05) is 19.0 Å².